The Bertz CT molecular complexity index is 1310. The number of rotatable bonds is 9. The van der Waals surface area contributed by atoms with Gasteiger partial charge in [0.1, 0.15) is 5.75 Å². The predicted molar refractivity (Wildman–Crippen MR) is 148 cm³/mol. The molecule has 204 valence electrons. The monoisotopic (exact) mass is 530 g/mol. The summed E-state index contributed by atoms with van der Waals surface area (Å²) in [5.74, 6) is -1.63. The highest BCUT2D eigenvalue weighted by Crippen LogP contribution is 2.40. The lowest BCUT2D eigenvalue weighted by Gasteiger charge is -2.45. The van der Waals surface area contributed by atoms with E-state index in [2.05, 4.69) is 24.1 Å². The van der Waals surface area contributed by atoms with Crippen LogP contribution >= 0.6 is 0 Å². The standard InChI is InChI=1S/C31H34N2O6/c1-21-19-33(20-24(29(36)37)17-22-7-4-3-5-8-22)16-15-31(21,2)25-9-6-10-27(18-25)39-30(38)32-26-13-11-23(12-14-26)28(34)35/h3-14,18,21,24H,15-17,19-20H2,1-2H3,(H,32,38)(H,34,35)(H,36,37)/t21-,24-,31+/m0/s1. The molecule has 0 aromatic heterocycles. The molecule has 0 radical (unpaired) electrons. The Morgan fingerprint density at radius 2 is 1.74 bits per heavy atom. The number of benzene rings is 3. The number of anilines is 1. The van der Waals surface area contributed by atoms with Crippen LogP contribution in [-0.4, -0.2) is 52.8 Å². The van der Waals surface area contributed by atoms with Crippen molar-refractivity contribution in [1.82, 2.24) is 4.90 Å². The van der Waals surface area contributed by atoms with Gasteiger partial charge < -0.3 is 19.8 Å². The molecule has 8 nitrogen and oxygen atoms in total. The van der Waals surface area contributed by atoms with Crippen molar-refractivity contribution in [2.24, 2.45) is 11.8 Å². The molecule has 1 heterocycles. The van der Waals surface area contributed by atoms with E-state index >= 15 is 0 Å². The minimum absolute atomic E-state index is 0.129. The van der Waals surface area contributed by atoms with Gasteiger partial charge in [-0.25, -0.2) is 9.59 Å². The fraction of sp³-hybridized carbons (Fsp3) is 0.323. The molecule has 4 rings (SSSR count). The molecule has 8 heteroatoms. The summed E-state index contributed by atoms with van der Waals surface area (Å²) in [6.45, 7) is 6.43. The van der Waals surface area contributed by atoms with Gasteiger partial charge in [0.05, 0.1) is 11.5 Å². The van der Waals surface area contributed by atoms with Crippen LogP contribution in [0, 0.1) is 11.8 Å². The number of hydrogen-bond acceptors (Lipinski definition) is 5. The van der Waals surface area contributed by atoms with Crippen molar-refractivity contribution in [2.45, 2.75) is 32.1 Å². The van der Waals surface area contributed by atoms with Crippen molar-refractivity contribution in [3.05, 3.63) is 95.6 Å². The van der Waals surface area contributed by atoms with E-state index in [1.54, 1.807) is 6.07 Å². The molecule has 0 saturated carbocycles. The van der Waals surface area contributed by atoms with Gasteiger partial charge in [-0.15, -0.1) is 0 Å². The van der Waals surface area contributed by atoms with Crippen LogP contribution in [0.15, 0.2) is 78.9 Å². The molecule has 39 heavy (non-hydrogen) atoms. The maximum atomic E-state index is 12.5. The van der Waals surface area contributed by atoms with Gasteiger partial charge in [-0.05, 0) is 78.2 Å². The van der Waals surface area contributed by atoms with Gasteiger partial charge in [-0.3, -0.25) is 10.1 Å². The SMILES string of the molecule is C[C@H]1CN(C[C@H](Cc2ccccc2)C(=O)O)CC[C@@]1(C)c1cccc(OC(=O)Nc2ccc(C(=O)O)cc2)c1. The number of ether oxygens (including phenoxy) is 1. The summed E-state index contributed by atoms with van der Waals surface area (Å²) in [6, 6.07) is 23.1. The number of carboxylic acid groups (broad SMARTS) is 2. The lowest BCUT2D eigenvalue weighted by molar-refractivity contribution is -0.142. The van der Waals surface area contributed by atoms with E-state index in [1.165, 1.54) is 24.3 Å². The maximum Gasteiger partial charge on any atom is 0.417 e. The number of aromatic carboxylic acids is 1. The first-order chi connectivity index (χ1) is 18.6. The third-order valence-electron chi connectivity index (χ3n) is 7.80. The normalized spacial score (nSPS) is 20.1. The Kier molecular flexibility index (Phi) is 8.66. The van der Waals surface area contributed by atoms with Crippen molar-refractivity contribution in [2.75, 3.05) is 25.0 Å². The fourth-order valence-corrected chi connectivity index (χ4v) is 5.21. The second kappa shape index (κ2) is 12.1. The average Bonchev–Trinajstić information content (AvgIpc) is 2.91. The summed E-state index contributed by atoms with van der Waals surface area (Å²) in [4.78, 5) is 37.7. The molecule has 1 aliphatic rings. The number of piperidine rings is 1. The van der Waals surface area contributed by atoms with Gasteiger partial charge in [0.25, 0.3) is 0 Å². The number of nitrogens with one attached hydrogen (secondary N) is 1. The Hall–Kier alpha value is -4.17. The molecular weight excluding hydrogens is 496 g/mol. The van der Waals surface area contributed by atoms with Crippen LogP contribution in [0.3, 0.4) is 0 Å². The summed E-state index contributed by atoms with van der Waals surface area (Å²) in [5, 5.41) is 21.5. The van der Waals surface area contributed by atoms with Gasteiger partial charge in [0, 0.05) is 18.8 Å². The van der Waals surface area contributed by atoms with Crippen molar-refractivity contribution < 1.29 is 29.3 Å². The van der Waals surface area contributed by atoms with Gasteiger partial charge in [-0.1, -0.05) is 56.3 Å². The molecule has 0 spiro atoms. The first-order valence-electron chi connectivity index (χ1n) is 13.1. The van der Waals surface area contributed by atoms with E-state index in [-0.39, 0.29) is 16.9 Å². The molecular formula is C31H34N2O6. The van der Waals surface area contributed by atoms with E-state index in [1.807, 2.05) is 48.5 Å². The van der Waals surface area contributed by atoms with Crippen molar-refractivity contribution in [1.29, 1.82) is 0 Å². The molecule has 1 fully saturated rings. The van der Waals surface area contributed by atoms with Crippen molar-refractivity contribution in [3.8, 4) is 5.75 Å². The van der Waals surface area contributed by atoms with E-state index in [0.29, 0.717) is 24.4 Å². The number of aliphatic carboxylic acids is 1. The van der Waals surface area contributed by atoms with E-state index in [9.17, 15) is 19.5 Å². The summed E-state index contributed by atoms with van der Waals surface area (Å²) >= 11 is 0. The Morgan fingerprint density at radius 3 is 2.38 bits per heavy atom. The average molecular weight is 531 g/mol. The molecule has 0 aliphatic carbocycles. The zero-order chi connectivity index (χ0) is 28.0. The zero-order valence-electron chi connectivity index (χ0n) is 22.2. The maximum absolute atomic E-state index is 12.5. The molecule has 1 amide bonds. The number of carbonyl (C=O) groups excluding carboxylic acids is 1. The Labute approximate surface area is 228 Å². The molecule has 0 unspecified atom stereocenters. The number of carbonyl (C=O) groups is 3. The van der Waals surface area contributed by atoms with Crippen LogP contribution in [0.1, 0.15) is 41.8 Å². The van der Waals surface area contributed by atoms with E-state index < -0.39 is 23.9 Å². The van der Waals surface area contributed by atoms with Gasteiger partial charge in [-0.2, -0.15) is 0 Å². The fourth-order valence-electron chi connectivity index (χ4n) is 5.21. The molecule has 3 N–H and O–H groups in total. The minimum atomic E-state index is -1.04. The first kappa shape index (κ1) is 27.9. The number of amides is 1. The van der Waals surface area contributed by atoms with Gasteiger partial charge >= 0.3 is 18.0 Å². The Morgan fingerprint density at radius 1 is 1.03 bits per heavy atom. The summed E-state index contributed by atoms with van der Waals surface area (Å²) in [6.07, 6.45) is 0.683. The largest absolute Gasteiger partial charge is 0.481 e. The zero-order valence-corrected chi connectivity index (χ0v) is 22.2. The van der Waals surface area contributed by atoms with Crippen LogP contribution in [-0.2, 0) is 16.6 Å². The third kappa shape index (κ3) is 7.03. The van der Waals surface area contributed by atoms with Crippen LogP contribution in [0.5, 0.6) is 5.75 Å². The first-order valence-corrected chi connectivity index (χ1v) is 13.1. The number of nitrogens with zero attached hydrogens (tertiary/aromatic N) is 1. The number of carboxylic acids is 2. The van der Waals surface area contributed by atoms with Gasteiger partial charge in [0.15, 0.2) is 0 Å². The quantitative estimate of drug-likeness (QED) is 0.333. The van der Waals surface area contributed by atoms with E-state index in [0.717, 1.165) is 30.6 Å². The molecule has 1 aliphatic heterocycles. The topological polar surface area (TPSA) is 116 Å². The third-order valence-corrected chi connectivity index (χ3v) is 7.80. The predicted octanol–water partition coefficient (Wildman–Crippen LogP) is 5.54. The lowest BCUT2D eigenvalue weighted by atomic mass is 9.68. The van der Waals surface area contributed by atoms with Crippen molar-refractivity contribution >= 4 is 23.7 Å². The van der Waals surface area contributed by atoms with Crippen molar-refractivity contribution in [3.63, 3.8) is 0 Å². The van der Waals surface area contributed by atoms with Crippen LogP contribution in [0.4, 0.5) is 10.5 Å². The van der Waals surface area contributed by atoms with Crippen LogP contribution in [0.25, 0.3) is 0 Å². The molecule has 3 aromatic rings. The van der Waals surface area contributed by atoms with Gasteiger partial charge in [0.2, 0.25) is 0 Å². The summed E-state index contributed by atoms with van der Waals surface area (Å²) in [5.41, 5.74) is 2.48. The van der Waals surface area contributed by atoms with Crippen LogP contribution in [0.2, 0.25) is 0 Å². The molecule has 1 saturated heterocycles. The molecule has 0 bridgehead atoms. The smallest absolute Gasteiger partial charge is 0.417 e. The second-order valence-corrected chi connectivity index (χ2v) is 10.5. The highest BCUT2D eigenvalue weighted by Gasteiger charge is 2.39. The molecule has 3 atom stereocenters. The second-order valence-electron chi connectivity index (χ2n) is 10.5. The highest BCUT2D eigenvalue weighted by atomic mass is 16.6. The number of hydrogen-bond donors (Lipinski definition) is 3. The lowest BCUT2D eigenvalue weighted by Crippen LogP contribution is -2.49. The molecule has 3 aromatic carbocycles. The van der Waals surface area contributed by atoms with E-state index in [4.69, 9.17) is 9.84 Å². The number of likely N-dealkylation sites (tertiary alicyclic amines) is 1. The summed E-state index contributed by atoms with van der Waals surface area (Å²) in [7, 11) is 0. The Balaban J connectivity index is 1.37. The highest BCUT2D eigenvalue weighted by molar-refractivity contribution is 5.90. The minimum Gasteiger partial charge on any atom is -0.481 e. The summed E-state index contributed by atoms with van der Waals surface area (Å²) < 4.78 is 5.52. The van der Waals surface area contributed by atoms with Crippen LogP contribution < -0.4 is 10.1 Å².